The number of aliphatic hydroxyl groups excluding tert-OH is 1. The lowest BCUT2D eigenvalue weighted by molar-refractivity contribution is -0.151. The van der Waals surface area contributed by atoms with E-state index < -0.39 is 199 Å². The normalized spacial score (nSPS) is 22.5. The number of hydrogen-bond donors (Lipinski definition) is 15. The third kappa shape index (κ3) is 30.8. The molecule has 1 saturated heterocycles. The summed E-state index contributed by atoms with van der Waals surface area (Å²) < 4.78 is 0. The zero-order valence-electron chi connectivity index (χ0n) is 74.2. The summed E-state index contributed by atoms with van der Waals surface area (Å²) in [5, 5.41) is 68.1. The minimum atomic E-state index is -2.03. The molecule has 0 bridgehead atoms. The second-order valence-corrected chi connectivity index (χ2v) is 34.2. The van der Waals surface area contributed by atoms with E-state index in [0.29, 0.717) is 57.1 Å². The van der Waals surface area contributed by atoms with Crippen LogP contribution in [0.3, 0.4) is 0 Å². The van der Waals surface area contributed by atoms with Crippen LogP contribution in [0.4, 0.5) is 0 Å². The Balaban J connectivity index is 1.21. The molecule has 692 valence electrons. The number of para-hydroxylation sites is 1. The number of primary amides is 1. The molecule has 1 unspecified atom stereocenters. The Morgan fingerprint density at radius 2 is 0.946 bits per heavy atom. The molecule has 2 heterocycles. The highest BCUT2D eigenvalue weighted by molar-refractivity contribution is 8.00. The van der Waals surface area contributed by atoms with Crippen molar-refractivity contribution in [2.45, 2.75) is 178 Å². The number of nitrogens with zero attached hydrogens (tertiary/aromatic N) is 5. The molecule has 7 aromatic rings. The number of carbonyl (C=O) groups excluding carboxylic acids is 14. The minimum absolute atomic E-state index is 0.0440. The maximum absolute atomic E-state index is 15.5. The second-order valence-electron chi connectivity index (χ2n) is 33.2. The summed E-state index contributed by atoms with van der Waals surface area (Å²) in [6, 6.07) is 27.8. The molecule has 14 amide bonds. The monoisotopic (exact) mass is 1800 g/mol. The van der Waals surface area contributed by atoms with Crippen LogP contribution in [-0.2, 0) is 110 Å². The van der Waals surface area contributed by atoms with Gasteiger partial charge in [-0.2, -0.15) is 0 Å². The van der Waals surface area contributed by atoms with Crippen molar-refractivity contribution in [2.75, 3.05) is 66.4 Å². The molecule has 1 aliphatic rings. The number of nitrogens with two attached hydrogens (primary N) is 1. The highest BCUT2D eigenvalue weighted by Gasteiger charge is 2.42. The average Bonchev–Trinajstić information content (AvgIpc) is 1.50. The van der Waals surface area contributed by atoms with Crippen molar-refractivity contribution < 1.29 is 92.3 Å². The summed E-state index contributed by atoms with van der Waals surface area (Å²) in [6.45, 7) is 6.32. The Hall–Kier alpha value is -13.2. The smallest absolute Gasteiger partial charge is 0.305 e. The fourth-order valence-electron chi connectivity index (χ4n) is 15.1. The summed E-state index contributed by atoms with van der Waals surface area (Å²) >= 11 is 0.833. The van der Waals surface area contributed by atoms with Gasteiger partial charge in [0.25, 0.3) is 0 Å². The van der Waals surface area contributed by atoms with Gasteiger partial charge >= 0.3 is 5.97 Å². The number of unbranched alkanes of at least 4 members (excludes halogenated alkanes) is 1. The van der Waals surface area contributed by atoms with Gasteiger partial charge in [0.15, 0.2) is 0 Å². The van der Waals surface area contributed by atoms with Crippen LogP contribution >= 0.6 is 11.8 Å². The number of carboxylic acids is 1. The molecule has 0 aliphatic carbocycles. The summed E-state index contributed by atoms with van der Waals surface area (Å²) in [5.74, 6) is -15.9. The standard InChI is InChI=1S/C93H120N16O19S/c1-11-12-32-74-91(126)106(7)52-79(114)98-70(48-81(116)117)87(122)104-82(56(4)5)93(128)108(9)75(45-58-26-18-14-19-27-58)88(123)102-71(44-61-35-39-64(111)40-36-61)89(124)105(6)51-78(113)97-69(47-62-49-95-66-31-23-22-30-65(62)66)86(121)101-68(42-60-33-37-63(110)38-34-60)85(120)100-67(41-55(2)3)84(119)103-73(83(118)96-50-77(94)112)53-129-54-80(115)99-72(43-57-24-16-13-17-25-57)90(125)109(10)76(92(127)107(74)8)46-59-28-20-15-21-29-59/h13-31,33-40,49,55-56,67-76,82,87,95,104,110-111,122H,11-12,32,41-48,50-54H2,1-10H3,(H2,94,112)(H,96,118)(H,97,113)(H,98,114)(H,99,115)(H,100,120)(H,101,121)(H,102,123)(H,103,119)(H,116,117)/t67-,68+,69-,70-,71-,72-,73-,74-,75-,76-,82-,87?/m0/s1. The molecule has 6 aromatic carbocycles. The van der Waals surface area contributed by atoms with Crippen molar-refractivity contribution in [2.24, 2.45) is 17.6 Å². The quantitative estimate of drug-likeness (QED) is 0.0436. The number of thioether (sulfide) groups is 1. The highest BCUT2D eigenvalue weighted by atomic mass is 32.2. The van der Waals surface area contributed by atoms with E-state index in [1.54, 1.807) is 149 Å². The Morgan fingerprint density at radius 3 is 1.49 bits per heavy atom. The van der Waals surface area contributed by atoms with Gasteiger partial charge in [-0.05, 0) is 88.4 Å². The van der Waals surface area contributed by atoms with Crippen LogP contribution in [0.5, 0.6) is 11.5 Å². The molecule has 1 fully saturated rings. The number of aromatic nitrogens is 1. The van der Waals surface area contributed by atoms with Crippen LogP contribution < -0.4 is 53.6 Å². The van der Waals surface area contributed by atoms with Gasteiger partial charge in [0.2, 0.25) is 82.7 Å². The van der Waals surface area contributed by atoms with Crippen molar-refractivity contribution in [3.05, 3.63) is 203 Å². The van der Waals surface area contributed by atoms with Gasteiger partial charge in [-0.15, -0.1) is 11.8 Å². The number of fused-ring (bicyclic) bond motifs is 1. The Kier molecular flexibility index (Phi) is 38.6. The molecule has 35 nitrogen and oxygen atoms in total. The lowest BCUT2D eigenvalue weighted by Crippen LogP contribution is -2.62. The molecule has 129 heavy (non-hydrogen) atoms. The molecule has 0 radical (unpaired) electrons. The Morgan fingerprint density at radius 1 is 0.488 bits per heavy atom. The van der Waals surface area contributed by atoms with Gasteiger partial charge in [0.05, 0.1) is 43.9 Å². The molecule has 0 spiro atoms. The number of benzene rings is 6. The van der Waals surface area contributed by atoms with E-state index in [1.807, 2.05) is 6.92 Å². The summed E-state index contributed by atoms with van der Waals surface area (Å²) in [5.41, 5.74) is 9.17. The summed E-state index contributed by atoms with van der Waals surface area (Å²) in [6.07, 6.45) is -1.74. The van der Waals surface area contributed by atoms with Gasteiger partial charge < -0.3 is 98.2 Å². The van der Waals surface area contributed by atoms with E-state index in [1.165, 1.54) is 93.6 Å². The number of phenols is 2. The predicted octanol–water partition coefficient (Wildman–Crippen LogP) is 2.12. The Bertz CT molecular complexity index is 5010. The van der Waals surface area contributed by atoms with Crippen LogP contribution in [0.1, 0.15) is 100 Å². The number of phenolic OH excluding ortho intramolecular Hbond substituents is 2. The fraction of sp³-hybridized carbons (Fsp3) is 0.430. The van der Waals surface area contributed by atoms with Crippen molar-refractivity contribution in [1.29, 1.82) is 0 Å². The van der Waals surface area contributed by atoms with Crippen molar-refractivity contribution in [3.63, 3.8) is 0 Å². The molecule has 36 heteroatoms. The number of carbonyl (C=O) groups is 15. The van der Waals surface area contributed by atoms with Gasteiger partial charge in [-0.3, -0.25) is 77.2 Å². The summed E-state index contributed by atoms with van der Waals surface area (Å²) in [7, 11) is 6.62. The van der Waals surface area contributed by atoms with Crippen LogP contribution in [0, 0.1) is 11.8 Å². The third-order valence-corrected chi connectivity index (χ3v) is 23.2. The number of carboxylic acid groups (broad SMARTS) is 1. The number of aliphatic hydroxyl groups is 1. The highest BCUT2D eigenvalue weighted by Crippen LogP contribution is 2.25. The zero-order chi connectivity index (χ0) is 94.3. The van der Waals surface area contributed by atoms with Crippen LogP contribution in [0.2, 0.25) is 0 Å². The minimum Gasteiger partial charge on any atom is -0.508 e. The lowest BCUT2D eigenvalue weighted by atomic mass is 9.98. The van der Waals surface area contributed by atoms with Gasteiger partial charge in [0, 0.05) is 96.6 Å². The van der Waals surface area contributed by atoms with E-state index in [4.69, 9.17) is 5.73 Å². The number of aliphatic carboxylic acids is 1. The fourth-order valence-corrected chi connectivity index (χ4v) is 15.9. The first kappa shape index (κ1) is 101. The first-order valence-electron chi connectivity index (χ1n) is 42.8. The van der Waals surface area contributed by atoms with Crippen molar-refractivity contribution in [3.8, 4) is 11.5 Å². The van der Waals surface area contributed by atoms with Crippen molar-refractivity contribution >= 4 is 111 Å². The largest absolute Gasteiger partial charge is 0.508 e. The molecule has 0 saturated carbocycles. The van der Waals surface area contributed by atoms with Crippen LogP contribution in [-0.4, -0.2) is 278 Å². The molecule has 1 aromatic heterocycles. The van der Waals surface area contributed by atoms with Gasteiger partial charge in [-0.25, -0.2) is 0 Å². The average molecular weight is 1800 g/mol. The number of H-pyrrole nitrogens is 1. The predicted molar refractivity (Wildman–Crippen MR) is 483 cm³/mol. The van der Waals surface area contributed by atoms with E-state index >= 15 is 38.4 Å². The summed E-state index contributed by atoms with van der Waals surface area (Å²) in [4.78, 5) is 229. The SMILES string of the molecule is CCCC[C@H]1C(=O)N(C)CC(=O)N[C@@H](CC(=O)O)C(O)N[C@@H](C(C)C)C(=O)N(C)[C@@H](Cc2ccccc2)C(=O)N[C@@H](Cc2ccc(O)cc2)C(=O)N(C)CC(=O)N[C@@H](Cc2c[nH]c3ccccc23)C(=O)N[C@H](Cc2ccc(O)cc2)C(=O)N[C@@H](CC(C)C)C(=O)N[C@H](C(=O)NCC(N)=O)CSCC(=O)N[C@@H](Cc2ccccc2)C(=O)N(C)[C@@H](Cc2ccccc2)C(=O)N1C. The molecular formula is C93H120N16O19S. The number of nitrogens with one attached hydrogen (secondary N) is 10. The maximum atomic E-state index is 15.5. The van der Waals surface area contributed by atoms with E-state index in [9.17, 15) is 54.0 Å². The van der Waals surface area contributed by atoms with E-state index in [0.717, 1.165) is 26.5 Å². The van der Waals surface area contributed by atoms with Gasteiger partial charge in [-0.1, -0.05) is 181 Å². The van der Waals surface area contributed by atoms with Crippen LogP contribution in [0.15, 0.2) is 170 Å². The second kappa shape index (κ2) is 49.2. The number of hydrogen-bond acceptors (Lipinski definition) is 20. The zero-order valence-corrected chi connectivity index (χ0v) is 75.0. The molecular weight excluding hydrogens is 1680 g/mol. The van der Waals surface area contributed by atoms with E-state index in [2.05, 4.69) is 52.8 Å². The number of aromatic hydroxyl groups is 2. The number of amides is 14. The molecule has 8 rings (SSSR count). The number of likely N-dealkylation sites (N-methyl/N-ethyl adjacent to an activating group) is 5. The van der Waals surface area contributed by atoms with Crippen molar-refractivity contribution in [1.82, 2.24) is 77.3 Å². The van der Waals surface area contributed by atoms with Gasteiger partial charge in [0.1, 0.15) is 72.1 Å². The first-order valence-corrected chi connectivity index (χ1v) is 44.0. The topological polar surface area (TPSA) is 503 Å². The lowest BCUT2D eigenvalue weighted by Gasteiger charge is -2.37. The number of rotatable bonds is 23. The first-order chi connectivity index (χ1) is 61.4. The molecule has 16 N–H and O–H groups in total. The van der Waals surface area contributed by atoms with E-state index in [-0.39, 0.29) is 74.5 Å². The molecule has 1 aliphatic heterocycles. The van der Waals surface area contributed by atoms with Crippen LogP contribution in [0.25, 0.3) is 10.9 Å². The molecule has 12 atom stereocenters. The maximum Gasteiger partial charge on any atom is 0.305 e. The third-order valence-electron chi connectivity index (χ3n) is 22.2. The number of aromatic amines is 1. The Labute approximate surface area is 753 Å².